The van der Waals surface area contributed by atoms with Gasteiger partial charge in [-0.15, -0.1) is 0 Å². The van der Waals surface area contributed by atoms with Crippen LogP contribution in [0.4, 0.5) is 8.78 Å². The first-order valence-corrected chi connectivity index (χ1v) is 13.0. The molecule has 1 aromatic rings. The molecule has 0 spiro atoms. The minimum Gasteiger partial charge on any atom is -0.493 e. The molecule has 11 heteroatoms. The summed E-state index contributed by atoms with van der Waals surface area (Å²) >= 11 is 0. The van der Waals surface area contributed by atoms with Gasteiger partial charge >= 0.3 is 0 Å². The third-order valence-electron chi connectivity index (χ3n) is 7.50. The Hall–Kier alpha value is -2.79. The largest absolute Gasteiger partial charge is 0.493 e. The average molecular weight is 522 g/mol. The lowest BCUT2D eigenvalue weighted by Crippen LogP contribution is -2.62. The highest BCUT2D eigenvalue weighted by Crippen LogP contribution is 2.34. The molecule has 0 unspecified atom stereocenters. The third kappa shape index (κ3) is 6.38. The van der Waals surface area contributed by atoms with Crippen molar-refractivity contribution in [1.82, 2.24) is 25.8 Å². The van der Waals surface area contributed by atoms with Gasteiger partial charge in [0, 0.05) is 38.0 Å². The topological polar surface area (TPSA) is 103 Å². The maximum Gasteiger partial charge on any atom is 0.257 e. The van der Waals surface area contributed by atoms with Crippen molar-refractivity contribution in [1.29, 1.82) is 0 Å². The van der Waals surface area contributed by atoms with Crippen LogP contribution in [0.2, 0.25) is 0 Å². The number of carbonyl (C=O) groups is 3. The van der Waals surface area contributed by atoms with Crippen molar-refractivity contribution in [2.75, 3.05) is 33.3 Å². The molecular formula is C26H37F2N5O4. The summed E-state index contributed by atoms with van der Waals surface area (Å²) in [5, 5.41) is 8.68. The maximum absolute atomic E-state index is 13.9. The maximum atomic E-state index is 13.9. The molecule has 9 nitrogen and oxygen atoms in total. The molecule has 204 valence electrons. The van der Waals surface area contributed by atoms with Crippen LogP contribution in [0.15, 0.2) is 24.3 Å². The minimum absolute atomic E-state index is 0.0463. The van der Waals surface area contributed by atoms with Gasteiger partial charge in [0.1, 0.15) is 17.8 Å². The van der Waals surface area contributed by atoms with Crippen molar-refractivity contribution in [3.63, 3.8) is 0 Å². The standard InChI is InChI=1S/C26H37F2N5O4/c1-16(29-3)23(34)31-20-14-32(15-26(2,27)28)12-10-17-8-9-21(33(17)25(20)36)24(35)30-19-11-13-37-22-7-5-4-6-18(19)22/h4-7,16-17,19-21,29H,8-15H2,1-3H3,(H,30,35)(H,31,34)/t16-,17+,19+,20-,21-/m0/s1. The predicted molar refractivity (Wildman–Crippen MR) is 133 cm³/mol. The number of nitrogens with one attached hydrogen (secondary N) is 3. The molecule has 0 saturated carbocycles. The second-order valence-electron chi connectivity index (χ2n) is 10.4. The number of amides is 3. The molecule has 3 N–H and O–H groups in total. The Kier molecular flexibility index (Phi) is 8.33. The number of carbonyl (C=O) groups excluding carboxylic acids is 3. The Morgan fingerprint density at radius 3 is 2.62 bits per heavy atom. The minimum atomic E-state index is -2.94. The summed E-state index contributed by atoms with van der Waals surface area (Å²) in [6, 6.07) is 4.78. The summed E-state index contributed by atoms with van der Waals surface area (Å²) in [5.41, 5.74) is 0.901. The number of alkyl halides is 2. The molecule has 0 radical (unpaired) electrons. The van der Waals surface area contributed by atoms with Crippen LogP contribution in [0, 0.1) is 0 Å². The van der Waals surface area contributed by atoms with E-state index in [0.717, 1.165) is 18.2 Å². The molecule has 5 atom stereocenters. The van der Waals surface area contributed by atoms with Gasteiger partial charge in [0.15, 0.2) is 0 Å². The van der Waals surface area contributed by atoms with Gasteiger partial charge < -0.3 is 25.6 Å². The van der Waals surface area contributed by atoms with Gasteiger partial charge in [-0.25, -0.2) is 8.78 Å². The van der Waals surface area contributed by atoms with Crippen molar-refractivity contribution in [3.05, 3.63) is 29.8 Å². The summed E-state index contributed by atoms with van der Waals surface area (Å²) in [4.78, 5) is 43.1. The molecule has 4 rings (SSSR count). The van der Waals surface area contributed by atoms with Gasteiger partial charge in [-0.1, -0.05) is 18.2 Å². The first-order chi connectivity index (χ1) is 17.6. The quantitative estimate of drug-likeness (QED) is 0.502. The van der Waals surface area contributed by atoms with E-state index in [1.807, 2.05) is 24.3 Å². The highest BCUT2D eigenvalue weighted by Gasteiger charge is 2.46. The van der Waals surface area contributed by atoms with E-state index in [-0.39, 0.29) is 24.5 Å². The first kappa shape index (κ1) is 27.3. The fraction of sp³-hybridized carbons (Fsp3) is 0.654. The summed E-state index contributed by atoms with van der Waals surface area (Å²) < 4.78 is 33.5. The van der Waals surface area contributed by atoms with E-state index in [0.29, 0.717) is 38.8 Å². The first-order valence-electron chi connectivity index (χ1n) is 13.0. The molecule has 3 aliphatic heterocycles. The van der Waals surface area contributed by atoms with Crippen LogP contribution in [0.25, 0.3) is 0 Å². The molecule has 37 heavy (non-hydrogen) atoms. The Morgan fingerprint density at radius 2 is 1.89 bits per heavy atom. The molecule has 3 heterocycles. The third-order valence-corrected chi connectivity index (χ3v) is 7.50. The van der Waals surface area contributed by atoms with E-state index in [2.05, 4.69) is 16.0 Å². The number of benzene rings is 1. The number of para-hydroxylation sites is 1. The van der Waals surface area contributed by atoms with Crippen LogP contribution in [0.5, 0.6) is 5.75 Å². The normalized spacial score (nSPS) is 27.3. The summed E-state index contributed by atoms with van der Waals surface area (Å²) in [6.45, 7) is 2.77. The van der Waals surface area contributed by atoms with Crippen molar-refractivity contribution in [2.24, 2.45) is 0 Å². The van der Waals surface area contributed by atoms with Gasteiger partial charge in [-0.3, -0.25) is 19.3 Å². The van der Waals surface area contributed by atoms with Crippen molar-refractivity contribution in [3.8, 4) is 5.75 Å². The zero-order valence-corrected chi connectivity index (χ0v) is 21.6. The van der Waals surface area contributed by atoms with Gasteiger partial charge in [0.2, 0.25) is 17.7 Å². The summed E-state index contributed by atoms with van der Waals surface area (Å²) in [7, 11) is 1.62. The van der Waals surface area contributed by atoms with Crippen LogP contribution in [-0.2, 0) is 14.4 Å². The summed E-state index contributed by atoms with van der Waals surface area (Å²) in [5.74, 6) is -3.26. The Morgan fingerprint density at radius 1 is 1.14 bits per heavy atom. The van der Waals surface area contributed by atoms with Crippen molar-refractivity contribution >= 4 is 17.7 Å². The number of rotatable bonds is 7. The van der Waals surface area contributed by atoms with Crippen LogP contribution < -0.4 is 20.7 Å². The molecule has 3 aliphatic rings. The highest BCUT2D eigenvalue weighted by atomic mass is 19.3. The Balaban J connectivity index is 1.54. The average Bonchev–Trinajstić information content (AvgIpc) is 3.28. The van der Waals surface area contributed by atoms with E-state index in [9.17, 15) is 23.2 Å². The monoisotopic (exact) mass is 521 g/mol. The smallest absolute Gasteiger partial charge is 0.257 e. The number of hydrogen-bond acceptors (Lipinski definition) is 6. The molecule has 1 aromatic carbocycles. The van der Waals surface area contributed by atoms with Crippen LogP contribution in [0.1, 0.15) is 51.1 Å². The van der Waals surface area contributed by atoms with E-state index in [1.54, 1.807) is 18.9 Å². The number of ether oxygens (including phenoxy) is 1. The van der Waals surface area contributed by atoms with Crippen LogP contribution >= 0.6 is 0 Å². The zero-order chi connectivity index (χ0) is 26.7. The molecule has 2 fully saturated rings. The van der Waals surface area contributed by atoms with Crippen molar-refractivity contribution < 1.29 is 27.9 Å². The van der Waals surface area contributed by atoms with Crippen molar-refractivity contribution in [2.45, 2.75) is 75.7 Å². The Labute approximate surface area is 216 Å². The van der Waals surface area contributed by atoms with Gasteiger partial charge in [0.25, 0.3) is 5.92 Å². The molecular weight excluding hydrogens is 484 g/mol. The highest BCUT2D eigenvalue weighted by molar-refractivity contribution is 5.94. The van der Waals surface area contributed by atoms with Gasteiger partial charge in [0.05, 0.1) is 25.2 Å². The summed E-state index contributed by atoms with van der Waals surface area (Å²) in [6.07, 6.45) is 2.18. The lowest BCUT2D eigenvalue weighted by molar-refractivity contribution is -0.146. The fourth-order valence-electron chi connectivity index (χ4n) is 5.53. The van der Waals surface area contributed by atoms with E-state index in [4.69, 9.17) is 4.74 Å². The molecule has 3 amide bonds. The molecule has 2 saturated heterocycles. The number of likely N-dealkylation sites (N-methyl/N-ethyl adjacent to an activating group) is 1. The number of halogens is 2. The molecule has 0 aliphatic carbocycles. The zero-order valence-electron chi connectivity index (χ0n) is 21.6. The van der Waals surface area contributed by atoms with E-state index >= 15 is 0 Å². The van der Waals surface area contributed by atoms with Crippen LogP contribution in [0.3, 0.4) is 0 Å². The number of hydrogen-bond donors (Lipinski definition) is 3. The Bertz CT molecular complexity index is 1000. The second-order valence-corrected chi connectivity index (χ2v) is 10.4. The van der Waals surface area contributed by atoms with E-state index < -0.39 is 42.4 Å². The SMILES string of the molecule is CN[C@@H](C)C(=O)N[C@H]1CN(CC(C)(F)F)CC[C@H]2CC[C@@H](C(=O)N[C@@H]3CCOc4ccccc43)N2C1=O. The number of fused-ring (bicyclic) bond motifs is 2. The second kappa shape index (κ2) is 11.3. The van der Waals surface area contributed by atoms with Crippen LogP contribution in [-0.4, -0.2) is 90.9 Å². The fourth-order valence-corrected chi connectivity index (χ4v) is 5.53. The van der Waals surface area contributed by atoms with E-state index in [1.165, 1.54) is 4.90 Å². The molecule has 0 aromatic heterocycles. The molecule has 0 bridgehead atoms. The van der Waals surface area contributed by atoms with Gasteiger partial charge in [-0.2, -0.15) is 0 Å². The number of nitrogens with zero attached hydrogens (tertiary/aromatic N) is 2. The lowest BCUT2D eigenvalue weighted by atomic mass is 10.00. The van der Waals surface area contributed by atoms with Gasteiger partial charge in [-0.05, 0) is 39.3 Å². The predicted octanol–water partition coefficient (Wildman–Crippen LogP) is 1.44. The lowest BCUT2D eigenvalue weighted by Gasteiger charge is -2.39.